The standard InChI is InChI=1S/C11H17O.2C2H5O.Ti/c1-2-3-6-11(9-10-12)7-4-5-8-11;2*1-2-3;/h4-5,7-8H,2-3,6,9-10H2,1H3;2*2H2,1H3;/q3*-1;+1. The Balaban J connectivity index is 2.35. The molecule has 1 aliphatic carbocycles. The zero-order chi connectivity index (χ0) is 14.0. The van der Waals surface area contributed by atoms with Crippen molar-refractivity contribution in [3.63, 3.8) is 0 Å². The summed E-state index contributed by atoms with van der Waals surface area (Å²) in [5.41, 5.74) is 0.206. The van der Waals surface area contributed by atoms with Gasteiger partial charge in [-0.15, -0.1) is 0 Å². The third-order valence-corrected chi connectivity index (χ3v) is 5.60. The van der Waals surface area contributed by atoms with Gasteiger partial charge in [-0.2, -0.15) is 0 Å². The Kier molecular flexibility index (Phi) is 8.92. The van der Waals surface area contributed by atoms with E-state index in [2.05, 4.69) is 31.2 Å². The molecule has 3 nitrogen and oxygen atoms in total. The van der Waals surface area contributed by atoms with Gasteiger partial charge >= 0.3 is 125 Å². The van der Waals surface area contributed by atoms with Crippen LogP contribution in [0.5, 0.6) is 0 Å². The van der Waals surface area contributed by atoms with Crippen LogP contribution >= 0.6 is 0 Å². The number of unbranched alkanes of at least 4 members (excludes halogenated alkanes) is 1. The Bertz CT molecular complexity index is 271. The Morgan fingerprint density at radius 2 is 1.53 bits per heavy atom. The van der Waals surface area contributed by atoms with Gasteiger partial charge in [-0.05, 0) is 0 Å². The molecule has 0 amide bonds. The van der Waals surface area contributed by atoms with E-state index >= 15 is 0 Å². The zero-order valence-corrected chi connectivity index (χ0v) is 14.0. The van der Waals surface area contributed by atoms with Crippen molar-refractivity contribution in [2.75, 3.05) is 19.8 Å². The summed E-state index contributed by atoms with van der Waals surface area (Å²) in [7, 11) is 0. The average Bonchev–Trinajstić information content (AvgIpc) is 2.86. The van der Waals surface area contributed by atoms with Crippen molar-refractivity contribution < 1.29 is 29.0 Å². The second kappa shape index (κ2) is 9.90. The van der Waals surface area contributed by atoms with Crippen LogP contribution in [0.4, 0.5) is 0 Å². The summed E-state index contributed by atoms with van der Waals surface area (Å²) in [6.45, 7) is 8.29. The molecule has 0 spiro atoms. The van der Waals surface area contributed by atoms with Crippen molar-refractivity contribution >= 4 is 0 Å². The fourth-order valence-corrected chi connectivity index (χ4v) is 3.75. The molecule has 1 rings (SSSR count). The van der Waals surface area contributed by atoms with Gasteiger partial charge in [0.15, 0.2) is 0 Å². The molecule has 0 radical (unpaired) electrons. The third-order valence-electron chi connectivity index (χ3n) is 3.28. The van der Waals surface area contributed by atoms with Crippen LogP contribution in [0.2, 0.25) is 0 Å². The van der Waals surface area contributed by atoms with Gasteiger partial charge in [0, 0.05) is 0 Å². The first-order valence-electron chi connectivity index (χ1n) is 7.38. The van der Waals surface area contributed by atoms with Crippen LogP contribution in [-0.2, 0) is 29.0 Å². The van der Waals surface area contributed by atoms with E-state index in [0.717, 1.165) is 13.0 Å². The Morgan fingerprint density at radius 1 is 0.895 bits per heavy atom. The van der Waals surface area contributed by atoms with E-state index in [1.165, 1.54) is 19.3 Å². The van der Waals surface area contributed by atoms with Crippen molar-refractivity contribution in [1.29, 1.82) is 0 Å². The van der Waals surface area contributed by atoms with Crippen molar-refractivity contribution in [3.05, 3.63) is 24.3 Å². The van der Waals surface area contributed by atoms with Crippen LogP contribution in [0.25, 0.3) is 0 Å². The number of rotatable bonds is 11. The fraction of sp³-hybridized carbons (Fsp3) is 0.733. The molecule has 19 heavy (non-hydrogen) atoms. The molecule has 0 heterocycles. The maximum atomic E-state index is 5.84. The first kappa shape index (κ1) is 17.1. The minimum atomic E-state index is -2.18. The van der Waals surface area contributed by atoms with Gasteiger partial charge in [0.1, 0.15) is 0 Å². The molecule has 4 heteroatoms. The van der Waals surface area contributed by atoms with Gasteiger partial charge in [0.25, 0.3) is 0 Å². The summed E-state index contributed by atoms with van der Waals surface area (Å²) in [5.74, 6) is 0. The normalized spacial score (nSPS) is 16.6. The summed E-state index contributed by atoms with van der Waals surface area (Å²) in [5, 5.41) is 0. The average molecular weight is 303 g/mol. The van der Waals surface area contributed by atoms with E-state index < -0.39 is 19.0 Å². The number of hydrogen-bond donors (Lipinski definition) is 0. The molecule has 0 unspecified atom stereocenters. The Morgan fingerprint density at radius 3 is 2.05 bits per heavy atom. The second-order valence-electron chi connectivity index (χ2n) is 4.77. The van der Waals surface area contributed by atoms with Crippen molar-refractivity contribution in [3.8, 4) is 0 Å². The van der Waals surface area contributed by atoms with Crippen LogP contribution in [0.3, 0.4) is 0 Å². The summed E-state index contributed by atoms with van der Waals surface area (Å²) in [4.78, 5) is 0. The van der Waals surface area contributed by atoms with Crippen molar-refractivity contribution in [2.24, 2.45) is 5.41 Å². The van der Waals surface area contributed by atoms with E-state index in [0.29, 0.717) is 13.2 Å². The molecule has 0 aromatic heterocycles. The van der Waals surface area contributed by atoms with Gasteiger partial charge in [-0.25, -0.2) is 0 Å². The Labute approximate surface area is 125 Å². The van der Waals surface area contributed by atoms with Gasteiger partial charge in [-0.3, -0.25) is 0 Å². The van der Waals surface area contributed by atoms with Gasteiger partial charge in [-0.1, -0.05) is 0 Å². The molecule has 1 aliphatic rings. The molecule has 0 aliphatic heterocycles. The van der Waals surface area contributed by atoms with Gasteiger partial charge < -0.3 is 0 Å². The van der Waals surface area contributed by atoms with Gasteiger partial charge in [0.05, 0.1) is 0 Å². The van der Waals surface area contributed by atoms with E-state index in [4.69, 9.17) is 9.96 Å². The molecule has 0 saturated carbocycles. The molecule has 0 aromatic carbocycles. The fourth-order valence-electron chi connectivity index (χ4n) is 2.20. The minimum absolute atomic E-state index is 0.206. The first-order chi connectivity index (χ1) is 9.26. The third kappa shape index (κ3) is 6.37. The van der Waals surface area contributed by atoms with Crippen LogP contribution in [0.1, 0.15) is 46.5 Å². The molecule has 0 atom stereocenters. The zero-order valence-electron chi connectivity index (χ0n) is 12.5. The van der Waals surface area contributed by atoms with Crippen LogP contribution in [-0.4, -0.2) is 19.8 Å². The van der Waals surface area contributed by atoms with E-state index in [1.54, 1.807) is 0 Å². The molecule has 0 saturated heterocycles. The van der Waals surface area contributed by atoms with Gasteiger partial charge in [0.2, 0.25) is 0 Å². The summed E-state index contributed by atoms with van der Waals surface area (Å²) < 4.78 is 16.9. The monoisotopic (exact) mass is 303 g/mol. The van der Waals surface area contributed by atoms with Crippen molar-refractivity contribution in [2.45, 2.75) is 46.5 Å². The second-order valence-corrected chi connectivity index (χ2v) is 6.90. The predicted octanol–water partition coefficient (Wildman–Crippen LogP) is 4.13. The molecule has 0 bridgehead atoms. The molecule has 0 aromatic rings. The number of allylic oxidation sites excluding steroid dienone is 4. The molecule has 0 fully saturated rings. The van der Waals surface area contributed by atoms with E-state index in [1.807, 2.05) is 13.8 Å². The molecular weight excluding hydrogens is 276 g/mol. The topological polar surface area (TPSA) is 27.7 Å². The van der Waals surface area contributed by atoms with Crippen LogP contribution in [0.15, 0.2) is 24.3 Å². The van der Waals surface area contributed by atoms with Crippen LogP contribution < -0.4 is 0 Å². The maximum absolute atomic E-state index is 5.84. The quantitative estimate of drug-likeness (QED) is 0.537. The number of hydrogen-bond acceptors (Lipinski definition) is 3. The summed E-state index contributed by atoms with van der Waals surface area (Å²) in [6.07, 6.45) is 13.7. The molecule has 0 N–H and O–H groups in total. The van der Waals surface area contributed by atoms with E-state index in [9.17, 15) is 0 Å². The SMILES string of the molecule is CCCCC1(CC[O][Ti-2]([O]CC)[O]CC)C=CC=C1. The molecular formula is C15H27O3Ti-2. The van der Waals surface area contributed by atoms with Crippen molar-refractivity contribution in [1.82, 2.24) is 0 Å². The molecule has 111 valence electrons. The Hall–Kier alpha value is 0.0743. The summed E-state index contributed by atoms with van der Waals surface area (Å²) in [6, 6.07) is 0. The summed E-state index contributed by atoms with van der Waals surface area (Å²) >= 11 is -2.18. The van der Waals surface area contributed by atoms with Crippen LogP contribution in [0, 0.1) is 5.41 Å². The first-order valence-corrected chi connectivity index (χ1v) is 9.30. The van der Waals surface area contributed by atoms with E-state index in [-0.39, 0.29) is 5.41 Å². The predicted molar refractivity (Wildman–Crippen MR) is 74.1 cm³/mol.